The molecule has 0 radical (unpaired) electrons. The summed E-state index contributed by atoms with van der Waals surface area (Å²) in [5, 5.41) is 10.7. The number of aliphatic hydroxyl groups is 1. The number of aryl methyl sites for hydroxylation is 1. The van der Waals surface area contributed by atoms with Crippen LogP contribution in [0.5, 0.6) is 0 Å². The van der Waals surface area contributed by atoms with Crippen molar-refractivity contribution in [2.24, 2.45) is 0 Å². The molecule has 0 aliphatic heterocycles. The van der Waals surface area contributed by atoms with Gasteiger partial charge in [-0.2, -0.15) is 0 Å². The van der Waals surface area contributed by atoms with E-state index in [9.17, 15) is 5.11 Å². The zero-order valence-corrected chi connectivity index (χ0v) is 11.9. The third kappa shape index (κ3) is 2.30. The smallest absolute Gasteiger partial charge is 0.138 e. The maximum Gasteiger partial charge on any atom is 0.138 e. The molecule has 98 valence electrons. The van der Waals surface area contributed by atoms with E-state index in [2.05, 4.69) is 39.8 Å². The molecule has 0 fully saturated rings. The van der Waals surface area contributed by atoms with E-state index in [1.54, 1.807) is 6.92 Å². The molecule has 1 unspecified atom stereocenters. The van der Waals surface area contributed by atoms with Gasteiger partial charge in [-0.25, -0.2) is 0 Å². The molecule has 1 aromatic carbocycles. The molecule has 0 bridgehead atoms. The number of benzene rings is 1. The summed E-state index contributed by atoms with van der Waals surface area (Å²) in [5.74, 6) is 0.642. The van der Waals surface area contributed by atoms with Crippen LogP contribution >= 0.6 is 0 Å². The van der Waals surface area contributed by atoms with Crippen molar-refractivity contribution in [3.63, 3.8) is 0 Å². The van der Waals surface area contributed by atoms with Gasteiger partial charge < -0.3 is 9.52 Å². The Balaban J connectivity index is 2.73. The standard InChI is InChI=1S/C16H22O2/c1-6-11-7-12-9-14(10(2)17)18-15(12)13(8-11)16(3,4)5/h7-10,17H,6H2,1-5H3. The first kappa shape index (κ1) is 13.2. The molecule has 2 rings (SSSR count). The Hall–Kier alpha value is -1.28. The van der Waals surface area contributed by atoms with Gasteiger partial charge in [0, 0.05) is 10.9 Å². The van der Waals surface area contributed by atoms with Crippen molar-refractivity contribution in [1.82, 2.24) is 0 Å². The summed E-state index contributed by atoms with van der Waals surface area (Å²) >= 11 is 0. The second-order valence-corrected chi connectivity index (χ2v) is 5.99. The molecule has 1 aromatic heterocycles. The summed E-state index contributed by atoms with van der Waals surface area (Å²) < 4.78 is 5.84. The van der Waals surface area contributed by atoms with Gasteiger partial charge >= 0.3 is 0 Å². The molecule has 0 saturated heterocycles. The van der Waals surface area contributed by atoms with Gasteiger partial charge in [0.2, 0.25) is 0 Å². The van der Waals surface area contributed by atoms with E-state index < -0.39 is 6.10 Å². The molecule has 0 aliphatic carbocycles. The summed E-state index contributed by atoms with van der Waals surface area (Å²) in [6.45, 7) is 10.4. The molecular weight excluding hydrogens is 224 g/mol. The van der Waals surface area contributed by atoms with Crippen molar-refractivity contribution in [3.8, 4) is 0 Å². The van der Waals surface area contributed by atoms with Gasteiger partial charge in [0.1, 0.15) is 17.4 Å². The summed E-state index contributed by atoms with van der Waals surface area (Å²) in [7, 11) is 0. The average molecular weight is 246 g/mol. The maximum atomic E-state index is 9.65. The minimum Gasteiger partial charge on any atom is -0.458 e. The van der Waals surface area contributed by atoms with Crippen molar-refractivity contribution in [2.45, 2.75) is 52.6 Å². The molecule has 2 heteroatoms. The van der Waals surface area contributed by atoms with E-state index in [0.717, 1.165) is 17.4 Å². The van der Waals surface area contributed by atoms with Gasteiger partial charge in [0.05, 0.1) is 0 Å². The topological polar surface area (TPSA) is 33.4 Å². The lowest BCUT2D eigenvalue weighted by Crippen LogP contribution is -2.11. The number of hydrogen-bond acceptors (Lipinski definition) is 2. The predicted molar refractivity (Wildman–Crippen MR) is 74.9 cm³/mol. The fraction of sp³-hybridized carbons (Fsp3) is 0.500. The Labute approximate surface area is 109 Å². The molecule has 1 atom stereocenters. The second-order valence-electron chi connectivity index (χ2n) is 5.99. The van der Waals surface area contributed by atoms with Crippen LogP contribution in [0, 0.1) is 0 Å². The van der Waals surface area contributed by atoms with Gasteiger partial charge in [-0.3, -0.25) is 0 Å². The summed E-state index contributed by atoms with van der Waals surface area (Å²) in [4.78, 5) is 0. The van der Waals surface area contributed by atoms with Crippen LogP contribution in [0.4, 0.5) is 0 Å². The number of fused-ring (bicyclic) bond motifs is 1. The second kappa shape index (κ2) is 4.43. The zero-order valence-electron chi connectivity index (χ0n) is 11.9. The van der Waals surface area contributed by atoms with Crippen molar-refractivity contribution < 1.29 is 9.52 Å². The average Bonchev–Trinajstić information content (AvgIpc) is 2.69. The normalized spacial score (nSPS) is 14.1. The SMILES string of the molecule is CCc1cc(C(C)(C)C)c2oc(C(C)O)cc2c1. The molecule has 18 heavy (non-hydrogen) atoms. The number of hydrogen-bond donors (Lipinski definition) is 1. The fourth-order valence-electron chi connectivity index (χ4n) is 2.20. The predicted octanol–water partition coefficient (Wildman–Crippen LogP) is 4.35. The largest absolute Gasteiger partial charge is 0.458 e. The molecule has 0 saturated carbocycles. The highest BCUT2D eigenvalue weighted by Crippen LogP contribution is 2.34. The van der Waals surface area contributed by atoms with Crippen molar-refractivity contribution >= 4 is 11.0 Å². The third-order valence-electron chi connectivity index (χ3n) is 3.32. The Morgan fingerprint density at radius 1 is 1.22 bits per heavy atom. The highest BCUT2D eigenvalue weighted by atomic mass is 16.4. The summed E-state index contributed by atoms with van der Waals surface area (Å²) in [6.07, 6.45) is 0.448. The molecular formula is C16H22O2. The molecule has 1 N–H and O–H groups in total. The van der Waals surface area contributed by atoms with Crippen LogP contribution in [0.25, 0.3) is 11.0 Å². The highest BCUT2D eigenvalue weighted by molar-refractivity contribution is 5.83. The van der Waals surface area contributed by atoms with Gasteiger partial charge in [0.15, 0.2) is 0 Å². The van der Waals surface area contributed by atoms with Crippen LogP contribution in [0.3, 0.4) is 0 Å². The Morgan fingerprint density at radius 3 is 2.39 bits per heavy atom. The van der Waals surface area contributed by atoms with Crippen LogP contribution in [-0.4, -0.2) is 5.11 Å². The first-order chi connectivity index (χ1) is 8.32. The fourth-order valence-corrected chi connectivity index (χ4v) is 2.20. The summed E-state index contributed by atoms with van der Waals surface area (Å²) in [5.41, 5.74) is 3.47. The van der Waals surface area contributed by atoms with Crippen LogP contribution in [0.15, 0.2) is 22.6 Å². The van der Waals surface area contributed by atoms with Crippen molar-refractivity contribution in [1.29, 1.82) is 0 Å². The van der Waals surface area contributed by atoms with E-state index in [4.69, 9.17) is 4.42 Å². The van der Waals surface area contributed by atoms with Gasteiger partial charge in [0.25, 0.3) is 0 Å². The van der Waals surface area contributed by atoms with E-state index >= 15 is 0 Å². The van der Waals surface area contributed by atoms with E-state index in [0.29, 0.717) is 5.76 Å². The first-order valence-corrected chi connectivity index (χ1v) is 6.58. The van der Waals surface area contributed by atoms with Gasteiger partial charge in [-0.05, 0) is 36.5 Å². The van der Waals surface area contributed by atoms with Crippen LogP contribution in [-0.2, 0) is 11.8 Å². The lowest BCUT2D eigenvalue weighted by molar-refractivity contribution is 0.172. The molecule has 0 amide bonds. The Kier molecular flexibility index (Phi) is 3.24. The van der Waals surface area contributed by atoms with E-state index in [1.807, 2.05) is 6.07 Å². The molecule has 0 aliphatic rings. The maximum absolute atomic E-state index is 9.65. The molecule has 0 spiro atoms. The third-order valence-corrected chi connectivity index (χ3v) is 3.32. The molecule has 2 aromatic rings. The van der Waals surface area contributed by atoms with Crippen molar-refractivity contribution in [3.05, 3.63) is 35.1 Å². The Bertz CT molecular complexity index is 556. The van der Waals surface area contributed by atoms with Crippen molar-refractivity contribution in [2.75, 3.05) is 0 Å². The Morgan fingerprint density at radius 2 is 1.89 bits per heavy atom. The molecule has 2 nitrogen and oxygen atoms in total. The van der Waals surface area contributed by atoms with E-state index in [-0.39, 0.29) is 5.41 Å². The lowest BCUT2D eigenvalue weighted by Gasteiger charge is -2.20. The molecule has 1 heterocycles. The summed E-state index contributed by atoms with van der Waals surface area (Å²) in [6, 6.07) is 6.33. The number of aliphatic hydroxyl groups excluding tert-OH is 1. The van der Waals surface area contributed by atoms with Gasteiger partial charge in [-0.15, -0.1) is 0 Å². The van der Waals surface area contributed by atoms with Crippen LogP contribution < -0.4 is 0 Å². The van der Waals surface area contributed by atoms with Gasteiger partial charge in [-0.1, -0.05) is 33.8 Å². The monoisotopic (exact) mass is 246 g/mol. The quantitative estimate of drug-likeness (QED) is 0.854. The van der Waals surface area contributed by atoms with E-state index in [1.165, 1.54) is 11.1 Å². The minimum absolute atomic E-state index is 0.0389. The lowest BCUT2D eigenvalue weighted by atomic mass is 9.85. The minimum atomic E-state index is -0.560. The zero-order chi connectivity index (χ0) is 13.5. The first-order valence-electron chi connectivity index (χ1n) is 6.58. The highest BCUT2D eigenvalue weighted by Gasteiger charge is 2.21. The number of furan rings is 1. The van der Waals surface area contributed by atoms with Crippen LogP contribution in [0.2, 0.25) is 0 Å². The van der Waals surface area contributed by atoms with Crippen LogP contribution in [0.1, 0.15) is 57.6 Å². The number of rotatable bonds is 2.